The van der Waals surface area contributed by atoms with E-state index >= 15 is 0 Å². The number of carbonyl (C=O) groups excluding carboxylic acids is 2. The molecule has 0 bridgehead atoms. The molecule has 1 heterocycles. The molecule has 29 heavy (non-hydrogen) atoms. The summed E-state index contributed by atoms with van der Waals surface area (Å²) in [6.07, 6.45) is 0.887. The summed E-state index contributed by atoms with van der Waals surface area (Å²) in [7, 11) is 0. The first-order valence-electron chi connectivity index (χ1n) is 9.29. The number of fused-ring (bicyclic) bond motifs is 1. The first kappa shape index (κ1) is 19.7. The molecule has 3 aromatic rings. The molecule has 1 N–H and O–H groups in total. The summed E-state index contributed by atoms with van der Waals surface area (Å²) in [4.78, 5) is 28.2. The predicted molar refractivity (Wildman–Crippen MR) is 122 cm³/mol. The molecule has 4 nitrogen and oxygen atoms in total. The monoisotopic (exact) mass is 466 g/mol. The van der Waals surface area contributed by atoms with Gasteiger partial charge >= 0.3 is 0 Å². The van der Waals surface area contributed by atoms with Crippen molar-refractivity contribution in [3.63, 3.8) is 0 Å². The zero-order chi connectivity index (χ0) is 20.2. The van der Waals surface area contributed by atoms with Crippen LogP contribution in [0.3, 0.4) is 0 Å². The lowest BCUT2D eigenvalue weighted by Gasteiger charge is -2.17. The number of para-hydroxylation sites is 1. The lowest BCUT2D eigenvalue weighted by molar-refractivity contribution is -0.116. The Balaban J connectivity index is 1.45. The van der Waals surface area contributed by atoms with Crippen LogP contribution in [-0.2, 0) is 11.2 Å². The van der Waals surface area contributed by atoms with Gasteiger partial charge < -0.3 is 10.2 Å². The highest BCUT2D eigenvalue weighted by Crippen LogP contribution is 2.30. The number of anilines is 2. The maximum absolute atomic E-state index is 12.8. The molecule has 6 heteroatoms. The van der Waals surface area contributed by atoms with Crippen molar-refractivity contribution in [3.8, 4) is 0 Å². The van der Waals surface area contributed by atoms with Crippen molar-refractivity contribution in [2.45, 2.75) is 11.3 Å². The Morgan fingerprint density at radius 1 is 1.00 bits per heavy atom. The second kappa shape index (κ2) is 8.84. The maximum Gasteiger partial charge on any atom is 0.256 e. The molecule has 4 rings (SSSR count). The van der Waals surface area contributed by atoms with Crippen molar-refractivity contribution in [2.75, 3.05) is 22.5 Å². The zero-order valence-electron chi connectivity index (χ0n) is 15.6. The van der Waals surface area contributed by atoms with Gasteiger partial charge in [-0.15, -0.1) is 11.8 Å². The van der Waals surface area contributed by atoms with Crippen LogP contribution in [0.5, 0.6) is 0 Å². The largest absolute Gasteiger partial charge is 0.322 e. The Labute approximate surface area is 182 Å². The van der Waals surface area contributed by atoms with Gasteiger partial charge in [-0.1, -0.05) is 52.3 Å². The standard InChI is InChI=1S/C23H19BrN2O2S/c24-17-7-5-8-18(14-17)25-23(28)19-9-2-4-11-21(19)29-15-22(27)26-13-12-16-6-1-3-10-20(16)26/h1-11,14H,12-13,15H2,(H,25,28). The molecule has 0 radical (unpaired) electrons. The molecular formula is C23H19BrN2O2S. The number of hydrogen-bond acceptors (Lipinski definition) is 3. The van der Waals surface area contributed by atoms with E-state index in [0.29, 0.717) is 17.8 Å². The van der Waals surface area contributed by atoms with Crippen LogP contribution in [0.1, 0.15) is 15.9 Å². The zero-order valence-corrected chi connectivity index (χ0v) is 18.0. The average molecular weight is 467 g/mol. The van der Waals surface area contributed by atoms with E-state index in [1.54, 1.807) is 6.07 Å². The predicted octanol–water partition coefficient (Wildman–Crippen LogP) is 5.38. The lowest BCUT2D eigenvalue weighted by Crippen LogP contribution is -2.30. The fourth-order valence-corrected chi connectivity index (χ4v) is 4.68. The summed E-state index contributed by atoms with van der Waals surface area (Å²) < 4.78 is 0.898. The van der Waals surface area contributed by atoms with Gasteiger partial charge in [-0.2, -0.15) is 0 Å². The Morgan fingerprint density at radius 2 is 1.79 bits per heavy atom. The molecule has 0 saturated carbocycles. The van der Waals surface area contributed by atoms with E-state index in [-0.39, 0.29) is 17.6 Å². The quantitative estimate of drug-likeness (QED) is 0.513. The molecule has 1 aliphatic heterocycles. The summed E-state index contributed by atoms with van der Waals surface area (Å²) in [5.74, 6) is 0.155. The van der Waals surface area contributed by atoms with Crippen molar-refractivity contribution in [1.29, 1.82) is 0 Å². The van der Waals surface area contributed by atoms with Gasteiger partial charge in [-0.3, -0.25) is 9.59 Å². The highest BCUT2D eigenvalue weighted by molar-refractivity contribution is 9.10. The Bertz CT molecular complexity index is 1070. The van der Waals surface area contributed by atoms with E-state index in [2.05, 4.69) is 27.3 Å². The van der Waals surface area contributed by atoms with E-state index in [4.69, 9.17) is 0 Å². The molecule has 0 aromatic heterocycles. The summed E-state index contributed by atoms with van der Waals surface area (Å²) >= 11 is 4.81. The molecule has 0 saturated heterocycles. The van der Waals surface area contributed by atoms with Gasteiger partial charge in [0.05, 0.1) is 11.3 Å². The molecule has 0 unspecified atom stereocenters. The SMILES string of the molecule is O=C(Nc1cccc(Br)c1)c1ccccc1SCC(=O)N1CCc2ccccc21. The van der Waals surface area contributed by atoms with Crippen molar-refractivity contribution < 1.29 is 9.59 Å². The van der Waals surface area contributed by atoms with Crippen LogP contribution in [0.25, 0.3) is 0 Å². The number of benzene rings is 3. The van der Waals surface area contributed by atoms with Gasteiger partial charge in [0, 0.05) is 27.3 Å². The van der Waals surface area contributed by atoms with Crippen LogP contribution >= 0.6 is 27.7 Å². The number of carbonyl (C=O) groups is 2. The van der Waals surface area contributed by atoms with Gasteiger partial charge in [0.2, 0.25) is 5.91 Å². The normalized spacial score (nSPS) is 12.5. The van der Waals surface area contributed by atoms with E-state index in [9.17, 15) is 9.59 Å². The summed E-state index contributed by atoms with van der Waals surface area (Å²) in [5.41, 5.74) is 3.49. The number of nitrogens with zero attached hydrogens (tertiary/aromatic N) is 1. The minimum Gasteiger partial charge on any atom is -0.322 e. The van der Waals surface area contributed by atoms with E-state index < -0.39 is 0 Å². The van der Waals surface area contributed by atoms with Gasteiger partial charge in [0.1, 0.15) is 0 Å². The molecule has 0 fully saturated rings. The number of thioether (sulfide) groups is 1. The first-order chi connectivity index (χ1) is 14.1. The molecule has 2 amide bonds. The second-order valence-electron chi connectivity index (χ2n) is 6.67. The fraction of sp³-hybridized carbons (Fsp3) is 0.130. The summed E-state index contributed by atoms with van der Waals surface area (Å²) in [5, 5.41) is 2.92. The van der Waals surface area contributed by atoms with Crippen molar-refractivity contribution in [1.82, 2.24) is 0 Å². The van der Waals surface area contributed by atoms with Crippen molar-refractivity contribution in [2.24, 2.45) is 0 Å². The van der Waals surface area contributed by atoms with Crippen LogP contribution in [-0.4, -0.2) is 24.1 Å². The van der Waals surface area contributed by atoms with Crippen LogP contribution in [0.4, 0.5) is 11.4 Å². The number of halogens is 1. The van der Waals surface area contributed by atoms with Gasteiger partial charge in [-0.25, -0.2) is 0 Å². The molecule has 0 aliphatic carbocycles. The van der Waals surface area contributed by atoms with Crippen LogP contribution < -0.4 is 10.2 Å². The van der Waals surface area contributed by atoms with Crippen LogP contribution in [0.15, 0.2) is 82.2 Å². The number of nitrogens with one attached hydrogen (secondary N) is 1. The molecule has 0 spiro atoms. The van der Waals surface area contributed by atoms with E-state index in [1.807, 2.05) is 65.6 Å². The summed E-state index contributed by atoms with van der Waals surface area (Å²) in [6, 6.07) is 22.9. The first-order valence-corrected chi connectivity index (χ1v) is 11.1. The van der Waals surface area contributed by atoms with Gasteiger partial charge in [0.25, 0.3) is 5.91 Å². The van der Waals surface area contributed by atoms with Gasteiger partial charge in [-0.05, 0) is 48.4 Å². The van der Waals surface area contributed by atoms with Crippen LogP contribution in [0, 0.1) is 0 Å². The van der Waals surface area contributed by atoms with Gasteiger partial charge in [0.15, 0.2) is 0 Å². The molecule has 1 aliphatic rings. The highest BCUT2D eigenvalue weighted by Gasteiger charge is 2.24. The fourth-order valence-electron chi connectivity index (χ4n) is 3.36. The highest BCUT2D eigenvalue weighted by atomic mass is 79.9. The second-order valence-corrected chi connectivity index (χ2v) is 8.61. The topological polar surface area (TPSA) is 49.4 Å². The minimum atomic E-state index is -0.190. The lowest BCUT2D eigenvalue weighted by atomic mass is 10.2. The molecular weight excluding hydrogens is 448 g/mol. The third-order valence-corrected chi connectivity index (χ3v) is 6.31. The Morgan fingerprint density at radius 3 is 2.66 bits per heavy atom. The van der Waals surface area contributed by atoms with Crippen LogP contribution in [0.2, 0.25) is 0 Å². The number of rotatable bonds is 5. The molecule has 3 aromatic carbocycles. The molecule has 0 atom stereocenters. The van der Waals surface area contributed by atoms with E-state index in [1.165, 1.54) is 17.3 Å². The Hall–Kier alpha value is -2.57. The Kier molecular flexibility index (Phi) is 6.02. The summed E-state index contributed by atoms with van der Waals surface area (Å²) in [6.45, 7) is 0.712. The average Bonchev–Trinajstić information content (AvgIpc) is 3.16. The number of hydrogen-bond donors (Lipinski definition) is 1. The minimum absolute atomic E-state index is 0.0575. The number of amides is 2. The smallest absolute Gasteiger partial charge is 0.256 e. The van der Waals surface area contributed by atoms with E-state index in [0.717, 1.165) is 21.5 Å². The third-order valence-electron chi connectivity index (χ3n) is 4.75. The molecule has 146 valence electrons. The maximum atomic E-state index is 12.8. The van der Waals surface area contributed by atoms with Crippen molar-refractivity contribution >= 4 is 50.9 Å². The third kappa shape index (κ3) is 4.54. The van der Waals surface area contributed by atoms with Crippen molar-refractivity contribution in [3.05, 3.63) is 88.4 Å².